The third kappa shape index (κ3) is 3.45. The Kier molecular flexibility index (Phi) is 4.39. The number of carboxylic acids is 1. The van der Waals surface area contributed by atoms with Gasteiger partial charge in [0.25, 0.3) is 0 Å². The number of ether oxygens (including phenoxy) is 1. The van der Waals surface area contributed by atoms with Crippen LogP contribution in [0.25, 0.3) is 0 Å². The van der Waals surface area contributed by atoms with Crippen LogP contribution in [0.2, 0.25) is 0 Å². The lowest BCUT2D eigenvalue weighted by Crippen LogP contribution is -2.00. The van der Waals surface area contributed by atoms with Crippen LogP contribution >= 0.6 is 23.3 Å². The smallest absolute Gasteiger partial charge is 0.339 e. The molecule has 0 saturated heterocycles. The van der Waals surface area contributed by atoms with Gasteiger partial charge < -0.3 is 9.84 Å². The molecule has 0 unspecified atom stereocenters. The topological polar surface area (TPSA) is 72.3 Å². The molecule has 1 aromatic heterocycles. The maximum Gasteiger partial charge on any atom is 0.339 e. The molecule has 0 aliphatic heterocycles. The molecule has 0 saturated carbocycles. The molecule has 0 radical (unpaired) electrons. The molecular formula is C12H12N2O3S2. The van der Waals surface area contributed by atoms with E-state index in [2.05, 4.69) is 9.36 Å². The zero-order valence-corrected chi connectivity index (χ0v) is 12.0. The summed E-state index contributed by atoms with van der Waals surface area (Å²) in [5.41, 5.74) is 1.16. The molecule has 0 fully saturated rings. The first-order valence-electron chi connectivity index (χ1n) is 5.43. The number of nitrogens with zero attached hydrogens (tertiary/aromatic N) is 2. The lowest BCUT2D eigenvalue weighted by molar-refractivity contribution is 0.0693. The van der Waals surface area contributed by atoms with Gasteiger partial charge in [0.05, 0.1) is 7.11 Å². The number of benzene rings is 1. The van der Waals surface area contributed by atoms with Crippen LogP contribution in [0.4, 0.5) is 0 Å². The van der Waals surface area contributed by atoms with E-state index in [1.54, 1.807) is 30.0 Å². The monoisotopic (exact) mass is 296 g/mol. The SMILES string of the molecule is COc1cc(CSc2nc(C)ns2)ccc1C(=O)O. The second kappa shape index (κ2) is 6.03. The maximum atomic E-state index is 11.0. The van der Waals surface area contributed by atoms with Crippen molar-refractivity contribution < 1.29 is 14.6 Å². The summed E-state index contributed by atoms with van der Waals surface area (Å²) < 4.78 is 10.1. The molecule has 1 N–H and O–H groups in total. The van der Waals surface area contributed by atoms with E-state index < -0.39 is 5.97 Å². The van der Waals surface area contributed by atoms with Gasteiger partial charge in [-0.05, 0) is 36.2 Å². The van der Waals surface area contributed by atoms with Crippen LogP contribution in [0.5, 0.6) is 5.75 Å². The van der Waals surface area contributed by atoms with E-state index in [-0.39, 0.29) is 5.56 Å². The minimum atomic E-state index is -0.990. The van der Waals surface area contributed by atoms with Crippen molar-refractivity contribution in [3.63, 3.8) is 0 Å². The zero-order valence-electron chi connectivity index (χ0n) is 10.4. The molecule has 0 amide bonds. The lowest BCUT2D eigenvalue weighted by Gasteiger charge is -2.07. The van der Waals surface area contributed by atoms with Crippen LogP contribution < -0.4 is 4.74 Å². The van der Waals surface area contributed by atoms with E-state index >= 15 is 0 Å². The fourth-order valence-electron chi connectivity index (χ4n) is 1.48. The number of thioether (sulfide) groups is 1. The molecule has 0 spiro atoms. The summed E-state index contributed by atoms with van der Waals surface area (Å²) in [6, 6.07) is 5.08. The first-order chi connectivity index (χ1) is 9.10. The first-order valence-corrected chi connectivity index (χ1v) is 7.19. The van der Waals surface area contributed by atoms with Crippen molar-refractivity contribution >= 4 is 29.3 Å². The van der Waals surface area contributed by atoms with E-state index in [0.717, 1.165) is 15.7 Å². The van der Waals surface area contributed by atoms with Crippen molar-refractivity contribution in [1.82, 2.24) is 9.36 Å². The summed E-state index contributed by atoms with van der Waals surface area (Å²) in [4.78, 5) is 15.2. The van der Waals surface area contributed by atoms with Crippen LogP contribution in [0.15, 0.2) is 22.5 Å². The summed E-state index contributed by atoms with van der Waals surface area (Å²) >= 11 is 2.93. The summed E-state index contributed by atoms with van der Waals surface area (Å²) in [5.74, 6) is 0.853. The molecule has 100 valence electrons. The van der Waals surface area contributed by atoms with E-state index in [4.69, 9.17) is 9.84 Å². The van der Waals surface area contributed by atoms with Gasteiger partial charge in [-0.15, -0.1) is 0 Å². The van der Waals surface area contributed by atoms with Crippen LogP contribution in [0.3, 0.4) is 0 Å². The predicted molar refractivity (Wildman–Crippen MR) is 74.2 cm³/mol. The van der Waals surface area contributed by atoms with Gasteiger partial charge in [-0.2, -0.15) is 4.37 Å². The maximum absolute atomic E-state index is 11.0. The molecule has 19 heavy (non-hydrogen) atoms. The minimum Gasteiger partial charge on any atom is -0.496 e. The number of methoxy groups -OCH3 is 1. The zero-order chi connectivity index (χ0) is 13.8. The van der Waals surface area contributed by atoms with Gasteiger partial charge in [0, 0.05) is 5.75 Å². The Bertz CT molecular complexity index is 598. The van der Waals surface area contributed by atoms with E-state index in [1.165, 1.54) is 18.6 Å². The summed E-state index contributed by atoms with van der Waals surface area (Å²) in [6.07, 6.45) is 0. The molecule has 5 nitrogen and oxygen atoms in total. The van der Waals surface area contributed by atoms with Gasteiger partial charge in [-0.1, -0.05) is 17.8 Å². The Hall–Kier alpha value is -1.60. The van der Waals surface area contributed by atoms with E-state index in [0.29, 0.717) is 11.5 Å². The number of aryl methyl sites for hydroxylation is 1. The lowest BCUT2D eigenvalue weighted by atomic mass is 10.1. The third-order valence-electron chi connectivity index (χ3n) is 2.37. The number of rotatable bonds is 5. The van der Waals surface area contributed by atoms with Crippen molar-refractivity contribution in [2.75, 3.05) is 7.11 Å². The average molecular weight is 296 g/mol. The highest BCUT2D eigenvalue weighted by atomic mass is 32.2. The standard InChI is InChI=1S/C12H12N2O3S2/c1-7-13-12(19-14-7)18-6-8-3-4-9(11(15)16)10(5-8)17-2/h3-5H,6H2,1-2H3,(H,15,16). The Labute approximate surface area is 118 Å². The molecule has 0 aliphatic carbocycles. The Morgan fingerprint density at radius 3 is 2.89 bits per heavy atom. The Morgan fingerprint density at radius 2 is 2.32 bits per heavy atom. The molecule has 1 heterocycles. The fraction of sp³-hybridized carbons (Fsp3) is 0.250. The van der Waals surface area contributed by atoms with Crippen molar-refractivity contribution in [3.05, 3.63) is 35.2 Å². The number of hydrogen-bond donors (Lipinski definition) is 1. The van der Waals surface area contributed by atoms with Crippen LogP contribution in [0, 0.1) is 6.92 Å². The number of aromatic nitrogens is 2. The summed E-state index contributed by atoms with van der Waals surface area (Å²) in [7, 11) is 1.47. The summed E-state index contributed by atoms with van der Waals surface area (Å²) in [5, 5.41) is 9.00. The molecule has 0 bridgehead atoms. The summed E-state index contributed by atoms with van der Waals surface area (Å²) in [6.45, 7) is 1.85. The van der Waals surface area contributed by atoms with Gasteiger partial charge in [0.2, 0.25) is 0 Å². The molecule has 0 aliphatic rings. The molecule has 1 aromatic carbocycles. The number of carbonyl (C=O) groups is 1. The minimum absolute atomic E-state index is 0.169. The van der Waals surface area contributed by atoms with Crippen LogP contribution in [0.1, 0.15) is 21.7 Å². The van der Waals surface area contributed by atoms with Crippen molar-refractivity contribution in [2.24, 2.45) is 0 Å². The molecule has 2 aromatic rings. The van der Waals surface area contributed by atoms with Gasteiger partial charge in [-0.25, -0.2) is 9.78 Å². The molecule has 2 rings (SSSR count). The molecule has 0 atom stereocenters. The van der Waals surface area contributed by atoms with Crippen LogP contribution in [-0.2, 0) is 5.75 Å². The predicted octanol–water partition coefficient (Wildman–Crippen LogP) is 2.85. The highest BCUT2D eigenvalue weighted by Crippen LogP contribution is 2.27. The second-order valence-electron chi connectivity index (χ2n) is 3.74. The highest BCUT2D eigenvalue weighted by Gasteiger charge is 2.11. The first kappa shape index (κ1) is 13.8. The number of hydrogen-bond acceptors (Lipinski definition) is 6. The van der Waals surface area contributed by atoms with Gasteiger partial charge in [0.1, 0.15) is 17.1 Å². The van der Waals surface area contributed by atoms with E-state index in [1.807, 2.05) is 6.92 Å². The van der Waals surface area contributed by atoms with Crippen molar-refractivity contribution in [2.45, 2.75) is 17.0 Å². The van der Waals surface area contributed by atoms with Crippen LogP contribution in [-0.4, -0.2) is 27.5 Å². The quantitative estimate of drug-likeness (QED) is 0.855. The average Bonchev–Trinajstić information content (AvgIpc) is 2.81. The van der Waals surface area contributed by atoms with Gasteiger partial charge in [-0.3, -0.25) is 0 Å². The number of carboxylic acid groups (broad SMARTS) is 1. The largest absolute Gasteiger partial charge is 0.496 e. The van der Waals surface area contributed by atoms with Gasteiger partial charge >= 0.3 is 5.97 Å². The van der Waals surface area contributed by atoms with Crippen molar-refractivity contribution in [3.8, 4) is 5.75 Å². The van der Waals surface area contributed by atoms with Crippen molar-refractivity contribution in [1.29, 1.82) is 0 Å². The third-order valence-corrected chi connectivity index (χ3v) is 4.36. The normalized spacial score (nSPS) is 10.4. The second-order valence-corrected chi connectivity index (χ2v) is 5.71. The molecular weight excluding hydrogens is 284 g/mol. The Morgan fingerprint density at radius 1 is 1.53 bits per heavy atom. The highest BCUT2D eigenvalue weighted by molar-refractivity contribution is 8.00. The van der Waals surface area contributed by atoms with Gasteiger partial charge in [0.15, 0.2) is 4.34 Å². The number of aromatic carboxylic acids is 1. The molecule has 7 heteroatoms. The van der Waals surface area contributed by atoms with E-state index in [9.17, 15) is 4.79 Å². The Balaban J connectivity index is 2.11. The fourth-order valence-corrected chi connectivity index (χ4v) is 3.07.